The van der Waals surface area contributed by atoms with Gasteiger partial charge in [-0.15, -0.1) is 5.10 Å². The molecule has 1 aliphatic rings. The van der Waals surface area contributed by atoms with Crippen LogP contribution in [0.1, 0.15) is 5.69 Å². The van der Waals surface area contributed by atoms with Crippen LogP contribution < -0.4 is 9.80 Å². The molecule has 5 rings (SSSR count). The molecule has 1 fully saturated rings. The van der Waals surface area contributed by atoms with Gasteiger partial charge in [0.2, 0.25) is 5.95 Å². The predicted octanol–water partition coefficient (Wildman–Crippen LogP) is 4.93. The second-order valence-corrected chi connectivity index (χ2v) is 8.05. The van der Waals surface area contributed by atoms with Gasteiger partial charge in [-0.05, 0) is 48.5 Å². The average molecular weight is 477 g/mol. The van der Waals surface area contributed by atoms with E-state index in [9.17, 15) is 17.6 Å². The Labute approximate surface area is 191 Å². The summed E-state index contributed by atoms with van der Waals surface area (Å²) in [6.45, 7) is 2.32. The summed E-state index contributed by atoms with van der Waals surface area (Å²) in [5.41, 5.74) is 0.377. The highest BCUT2D eigenvalue weighted by Crippen LogP contribution is 2.32. The Kier molecular flexibility index (Phi) is 5.32. The van der Waals surface area contributed by atoms with Gasteiger partial charge in [-0.1, -0.05) is 17.7 Å². The van der Waals surface area contributed by atoms with Gasteiger partial charge in [0.1, 0.15) is 5.82 Å². The lowest BCUT2D eigenvalue weighted by Gasteiger charge is -2.35. The van der Waals surface area contributed by atoms with Crippen molar-refractivity contribution in [2.75, 3.05) is 36.0 Å². The fourth-order valence-corrected chi connectivity index (χ4v) is 3.98. The quantitative estimate of drug-likeness (QED) is 0.392. The second kappa shape index (κ2) is 8.18. The summed E-state index contributed by atoms with van der Waals surface area (Å²) in [7, 11) is 0. The molecule has 2 aromatic heterocycles. The van der Waals surface area contributed by atoms with E-state index in [-0.39, 0.29) is 17.4 Å². The van der Waals surface area contributed by atoms with E-state index in [1.54, 1.807) is 6.07 Å². The third kappa shape index (κ3) is 4.30. The Balaban J connectivity index is 1.46. The van der Waals surface area contributed by atoms with Crippen LogP contribution in [-0.2, 0) is 6.18 Å². The van der Waals surface area contributed by atoms with Crippen LogP contribution in [0.25, 0.3) is 17.0 Å². The normalized spacial score (nSPS) is 14.8. The minimum absolute atomic E-state index is 0.0413. The molecule has 0 bridgehead atoms. The van der Waals surface area contributed by atoms with Crippen LogP contribution >= 0.6 is 11.6 Å². The summed E-state index contributed by atoms with van der Waals surface area (Å²) in [5, 5.41) is 4.75. The van der Waals surface area contributed by atoms with E-state index < -0.39 is 17.7 Å². The fraction of sp³-hybridized carbons (Fsp3) is 0.227. The molecule has 0 aliphatic carbocycles. The molecular weight excluding hydrogens is 460 g/mol. The average Bonchev–Trinajstić information content (AvgIpc) is 3.22. The van der Waals surface area contributed by atoms with Crippen molar-refractivity contribution in [3.63, 3.8) is 0 Å². The highest BCUT2D eigenvalue weighted by Gasteiger charge is 2.36. The molecular formula is C22H17ClF4N6. The number of hydrogen-bond donors (Lipinski definition) is 0. The van der Waals surface area contributed by atoms with Gasteiger partial charge in [0.15, 0.2) is 5.69 Å². The molecule has 0 N–H and O–H groups in total. The molecule has 11 heteroatoms. The molecule has 0 radical (unpaired) electrons. The van der Waals surface area contributed by atoms with Crippen LogP contribution in [0.4, 0.5) is 29.2 Å². The summed E-state index contributed by atoms with van der Waals surface area (Å²) in [4.78, 5) is 12.5. The minimum atomic E-state index is -4.67. The van der Waals surface area contributed by atoms with Crippen LogP contribution in [0.5, 0.6) is 0 Å². The van der Waals surface area contributed by atoms with E-state index >= 15 is 0 Å². The van der Waals surface area contributed by atoms with Crippen LogP contribution in [-0.4, -0.2) is 45.8 Å². The zero-order valence-corrected chi connectivity index (χ0v) is 17.9. The van der Waals surface area contributed by atoms with Gasteiger partial charge < -0.3 is 9.80 Å². The highest BCUT2D eigenvalue weighted by atomic mass is 35.5. The van der Waals surface area contributed by atoms with Crippen LogP contribution in [0.2, 0.25) is 5.02 Å². The Bertz CT molecular complexity index is 1300. The molecule has 0 unspecified atom stereocenters. The van der Waals surface area contributed by atoms with Crippen LogP contribution in [0.15, 0.2) is 54.6 Å². The third-order valence-corrected chi connectivity index (χ3v) is 5.70. The Morgan fingerprint density at radius 2 is 1.55 bits per heavy atom. The SMILES string of the molecule is Fc1ccc(-c2cc(C(F)(F)F)n3nc(N4CCN(c5cccc(Cl)c5)CC4)nc3n2)cc1. The number of anilines is 2. The van der Waals surface area contributed by atoms with Gasteiger partial charge >= 0.3 is 6.18 Å². The molecule has 0 spiro atoms. The first-order valence-corrected chi connectivity index (χ1v) is 10.5. The molecule has 0 atom stereocenters. The van der Waals surface area contributed by atoms with E-state index in [1.165, 1.54) is 24.3 Å². The molecule has 33 heavy (non-hydrogen) atoms. The maximum absolute atomic E-state index is 13.8. The van der Waals surface area contributed by atoms with Gasteiger partial charge in [0.25, 0.3) is 5.78 Å². The number of piperazine rings is 1. The van der Waals surface area contributed by atoms with Crippen molar-refractivity contribution in [1.82, 2.24) is 19.6 Å². The summed E-state index contributed by atoms with van der Waals surface area (Å²) >= 11 is 6.07. The Hall–Kier alpha value is -3.40. The number of rotatable bonds is 3. The van der Waals surface area contributed by atoms with Crippen molar-refractivity contribution in [3.05, 3.63) is 71.1 Å². The monoisotopic (exact) mass is 476 g/mol. The lowest BCUT2D eigenvalue weighted by Crippen LogP contribution is -2.47. The minimum Gasteiger partial charge on any atom is -0.368 e. The third-order valence-electron chi connectivity index (χ3n) is 5.47. The summed E-state index contributed by atoms with van der Waals surface area (Å²) < 4.78 is 55.3. The maximum atomic E-state index is 13.8. The molecule has 6 nitrogen and oxygen atoms in total. The van der Waals surface area contributed by atoms with E-state index in [0.29, 0.717) is 41.3 Å². The smallest absolute Gasteiger partial charge is 0.368 e. The topological polar surface area (TPSA) is 49.6 Å². The van der Waals surface area contributed by atoms with Crippen molar-refractivity contribution < 1.29 is 17.6 Å². The number of aromatic nitrogens is 4. The molecule has 0 amide bonds. The lowest BCUT2D eigenvalue weighted by molar-refractivity contribution is -0.142. The van der Waals surface area contributed by atoms with Crippen LogP contribution in [0.3, 0.4) is 0 Å². The molecule has 1 aliphatic heterocycles. The summed E-state index contributed by atoms with van der Waals surface area (Å²) in [6.07, 6.45) is -4.67. The number of alkyl halides is 3. The van der Waals surface area contributed by atoms with Crippen molar-refractivity contribution in [1.29, 1.82) is 0 Å². The van der Waals surface area contributed by atoms with Gasteiger partial charge in [-0.3, -0.25) is 0 Å². The summed E-state index contributed by atoms with van der Waals surface area (Å²) in [6, 6.07) is 13.5. The van der Waals surface area contributed by atoms with Gasteiger partial charge in [0, 0.05) is 42.5 Å². The number of fused-ring (bicyclic) bond motifs is 1. The Morgan fingerprint density at radius 3 is 2.21 bits per heavy atom. The molecule has 2 aromatic carbocycles. The molecule has 4 aromatic rings. The largest absolute Gasteiger partial charge is 0.433 e. The molecule has 0 saturated carbocycles. The highest BCUT2D eigenvalue weighted by molar-refractivity contribution is 6.30. The van der Waals surface area contributed by atoms with E-state index in [0.717, 1.165) is 11.8 Å². The Morgan fingerprint density at radius 1 is 0.848 bits per heavy atom. The van der Waals surface area contributed by atoms with E-state index in [4.69, 9.17) is 11.6 Å². The first kappa shape index (κ1) is 21.4. The number of hydrogen-bond acceptors (Lipinski definition) is 5. The zero-order valence-electron chi connectivity index (χ0n) is 17.1. The van der Waals surface area contributed by atoms with Gasteiger partial charge in [-0.25, -0.2) is 9.37 Å². The first-order valence-electron chi connectivity index (χ1n) is 10.1. The van der Waals surface area contributed by atoms with Crippen molar-refractivity contribution in [2.45, 2.75) is 6.18 Å². The predicted molar refractivity (Wildman–Crippen MR) is 117 cm³/mol. The van der Waals surface area contributed by atoms with Crippen LogP contribution in [0, 0.1) is 5.82 Å². The van der Waals surface area contributed by atoms with Crippen molar-refractivity contribution >= 4 is 29.0 Å². The van der Waals surface area contributed by atoms with E-state index in [2.05, 4.69) is 20.0 Å². The fourth-order valence-electron chi connectivity index (χ4n) is 3.80. The first-order chi connectivity index (χ1) is 15.8. The van der Waals surface area contributed by atoms with Crippen molar-refractivity contribution in [3.8, 4) is 11.3 Å². The molecule has 1 saturated heterocycles. The lowest BCUT2D eigenvalue weighted by atomic mass is 10.1. The molecule has 170 valence electrons. The summed E-state index contributed by atoms with van der Waals surface area (Å²) in [5.74, 6) is -0.482. The number of benzene rings is 2. The molecule has 3 heterocycles. The van der Waals surface area contributed by atoms with E-state index in [1.807, 2.05) is 23.1 Å². The number of nitrogens with zero attached hydrogens (tertiary/aromatic N) is 6. The number of halogens is 5. The second-order valence-electron chi connectivity index (χ2n) is 7.61. The maximum Gasteiger partial charge on any atom is 0.433 e. The standard InChI is InChI=1S/C22H17ClF4N6/c23-15-2-1-3-17(12-15)31-8-10-32(11-9-31)21-29-20-28-18(14-4-6-16(24)7-5-14)13-19(22(25,26)27)33(20)30-21/h1-7,12-13H,8-11H2. The van der Waals surface area contributed by atoms with Crippen molar-refractivity contribution in [2.24, 2.45) is 0 Å². The van der Waals surface area contributed by atoms with Gasteiger partial charge in [-0.2, -0.15) is 22.7 Å². The zero-order chi connectivity index (χ0) is 23.2. The van der Waals surface area contributed by atoms with Gasteiger partial charge in [0.05, 0.1) is 5.69 Å².